The SMILES string of the molecule is O=P(c1ccccc1)(c1ccccc1)[C@@H]1[C@H]2C[C@@H]([C@@H]3C(c4ccccc4)=NO[C@@H]23)[C@@H]1P(=O)(c1ccccc1)c1ccccc1. The number of hydrogen-bond acceptors (Lipinski definition) is 4. The number of fused-ring (bicyclic) bond motifs is 5. The predicted octanol–water partition coefficient (Wildman–Crippen LogP) is 6.82. The minimum atomic E-state index is -3.36. The molecule has 3 aliphatic rings. The first-order chi connectivity index (χ1) is 21.6. The van der Waals surface area contributed by atoms with Gasteiger partial charge in [-0.3, -0.25) is 0 Å². The van der Waals surface area contributed by atoms with Crippen LogP contribution in [0.3, 0.4) is 0 Å². The topological polar surface area (TPSA) is 55.7 Å². The van der Waals surface area contributed by atoms with E-state index in [1.54, 1.807) is 0 Å². The van der Waals surface area contributed by atoms with Crippen LogP contribution < -0.4 is 21.2 Å². The van der Waals surface area contributed by atoms with Gasteiger partial charge >= 0.3 is 0 Å². The molecule has 2 aliphatic carbocycles. The Hall–Kier alpha value is -3.97. The van der Waals surface area contributed by atoms with E-state index in [0.29, 0.717) is 0 Å². The summed E-state index contributed by atoms with van der Waals surface area (Å²) in [5, 5.41) is 7.93. The van der Waals surface area contributed by atoms with Gasteiger partial charge in [0, 0.05) is 44.4 Å². The van der Waals surface area contributed by atoms with E-state index in [0.717, 1.165) is 38.9 Å². The van der Waals surface area contributed by atoms with E-state index in [-0.39, 0.29) is 29.5 Å². The molecule has 0 saturated heterocycles. The fourth-order valence-corrected chi connectivity index (χ4v) is 16.9. The van der Waals surface area contributed by atoms with E-state index in [1.807, 2.05) is 140 Å². The second-order valence-electron chi connectivity index (χ2n) is 12.1. The zero-order valence-corrected chi connectivity index (χ0v) is 26.0. The molecular weight excluding hydrogens is 580 g/mol. The number of hydrogen-bond donors (Lipinski definition) is 0. The molecule has 1 aliphatic heterocycles. The molecule has 5 aromatic rings. The van der Waals surface area contributed by atoms with Crippen LogP contribution in [-0.2, 0) is 14.0 Å². The van der Waals surface area contributed by atoms with E-state index >= 15 is 9.13 Å². The van der Waals surface area contributed by atoms with Crippen LogP contribution in [0.4, 0.5) is 0 Å². The summed E-state index contributed by atoms with van der Waals surface area (Å²) in [6, 6.07) is 49.8. The lowest BCUT2D eigenvalue weighted by Gasteiger charge is -2.44. The molecule has 0 spiro atoms. The van der Waals surface area contributed by atoms with Gasteiger partial charge in [-0.15, -0.1) is 0 Å². The van der Waals surface area contributed by atoms with Gasteiger partial charge in [-0.05, 0) is 17.9 Å². The third-order valence-electron chi connectivity index (χ3n) is 10.1. The van der Waals surface area contributed by atoms with Crippen LogP contribution in [0.2, 0.25) is 0 Å². The van der Waals surface area contributed by atoms with E-state index in [4.69, 9.17) is 9.99 Å². The van der Waals surface area contributed by atoms with Crippen molar-refractivity contribution in [1.29, 1.82) is 0 Å². The molecule has 0 unspecified atom stereocenters. The quantitative estimate of drug-likeness (QED) is 0.189. The summed E-state index contributed by atoms with van der Waals surface area (Å²) < 4.78 is 32.6. The van der Waals surface area contributed by atoms with Gasteiger partial charge in [0.25, 0.3) is 0 Å². The molecule has 5 aromatic carbocycles. The summed E-state index contributed by atoms with van der Waals surface area (Å²) in [5.41, 5.74) is 1.19. The summed E-state index contributed by atoms with van der Waals surface area (Å²) in [6.07, 6.45) is 0.585. The average Bonchev–Trinajstić information content (AvgIpc) is 3.82. The normalized spacial score (nSPS) is 25.7. The van der Waals surface area contributed by atoms with Gasteiger partial charge in [0.1, 0.15) is 20.4 Å². The van der Waals surface area contributed by atoms with E-state index in [1.165, 1.54) is 0 Å². The number of rotatable bonds is 7. The Morgan fingerprint density at radius 1 is 0.500 bits per heavy atom. The third-order valence-corrected chi connectivity index (χ3v) is 17.6. The Morgan fingerprint density at radius 2 is 0.864 bits per heavy atom. The molecule has 0 N–H and O–H groups in total. The first-order valence-corrected chi connectivity index (χ1v) is 18.9. The highest BCUT2D eigenvalue weighted by Gasteiger charge is 2.70. The van der Waals surface area contributed by atoms with Crippen molar-refractivity contribution in [1.82, 2.24) is 0 Å². The molecular formula is C38H33NO3P2. The molecule has 44 heavy (non-hydrogen) atoms. The van der Waals surface area contributed by atoms with Crippen LogP contribution in [0.1, 0.15) is 12.0 Å². The maximum atomic E-state index is 16.4. The summed E-state index contributed by atoms with van der Waals surface area (Å²) >= 11 is 0. The van der Waals surface area contributed by atoms with Gasteiger partial charge in [0.15, 0.2) is 0 Å². The van der Waals surface area contributed by atoms with Crippen molar-refractivity contribution >= 4 is 41.2 Å². The van der Waals surface area contributed by atoms with Crippen molar-refractivity contribution < 1.29 is 14.0 Å². The number of benzene rings is 5. The van der Waals surface area contributed by atoms with Crippen molar-refractivity contribution in [2.75, 3.05) is 0 Å². The highest BCUT2D eigenvalue weighted by molar-refractivity contribution is 7.83. The third kappa shape index (κ3) is 4.08. The summed E-state index contributed by atoms with van der Waals surface area (Å²) in [6.45, 7) is 0. The van der Waals surface area contributed by atoms with E-state index < -0.39 is 19.9 Å². The second-order valence-corrected chi connectivity index (χ2v) is 18.0. The fourth-order valence-electron chi connectivity index (χ4n) is 8.39. The molecule has 2 fully saturated rings. The molecule has 8 rings (SSSR count). The first kappa shape index (κ1) is 27.6. The highest BCUT2D eigenvalue weighted by atomic mass is 31.2. The van der Waals surface area contributed by atoms with Crippen molar-refractivity contribution in [3.05, 3.63) is 157 Å². The summed E-state index contributed by atoms with van der Waals surface area (Å²) in [4.78, 5) is 6.32. The predicted molar refractivity (Wildman–Crippen MR) is 180 cm³/mol. The fraction of sp³-hybridized carbons (Fsp3) is 0.184. The molecule has 2 saturated carbocycles. The smallest absolute Gasteiger partial charge is 0.147 e. The van der Waals surface area contributed by atoms with Gasteiger partial charge in [0.05, 0.1) is 5.71 Å². The zero-order valence-electron chi connectivity index (χ0n) is 24.2. The lowest BCUT2D eigenvalue weighted by Crippen LogP contribution is -2.50. The Morgan fingerprint density at radius 3 is 1.27 bits per heavy atom. The van der Waals surface area contributed by atoms with Crippen molar-refractivity contribution in [3.8, 4) is 0 Å². The van der Waals surface area contributed by atoms with Crippen LogP contribution >= 0.6 is 14.3 Å². The first-order valence-electron chi connectivity index (χ1n) is 15.3. The van der Waals surface area contributed by atoms with Crippen LogP contribution in [0.25, 0.3) is 0 Å². The Labute approximate surface area is 258 Å². The molecule has 1 heterocycles. The van der Waals surface area contributed by atoms with Gasteiger partial charge in [-0.2, -0.15) is 0 Å². The van der Waals surface area contributed by atoms with Gasteiger partial charge < -0.3 is 14.0 Å². The standard InChI is InChI=1S/C38H33NO3P2/c40-43(28-18-8-2-9-19-28,29-20-10-3-11-21-29)37-32-26-33(36-34(32)35(39-42-36)27-16-6-1-7-17-27)38(37)44(41,30-22-12-4-13-23-30)31-24-14-5-15-25-31/h1-25,32-34,36-38H,26H2/t32-,33-,34+,36-,37-,38+/m0/s1. The molecule has 218 valence electrons. The molecule has 0 aromatic heterocycles. The van der Waals surface area contributed by atoms with Crippen LogP contribution in [0, 0.1) is 17.8 Å². The number of nitrogens with zero attached hydrogens (tertiary/aromatic N) is 1. The Balaban J connectivity index is 1.39. The van der Waals surface area contributed by atoms with Crippen molar-refractivity contribution in [2.24, 2.45) is 22.9 Å². The van der Waals surface area contributed by atoms with Gasteiger partial charge in [0.2, 0.25) is 0 Å². The van der Waals surface area contributed by atoms with Gasteiger partial charge in [-0.1, -0.05) is 157 Å². The molecule has 2 bridgehead atoms. The van der Waals surface area contributed by atoms with Crippen LogP contribution in [0.5, 0.6) is 0 Å². The largest absolute Gasteiger partial charge is 0.391 e. The van der Waals surface area contributed by atoms with E-state index in [9.17, 15) is 0 Å². The highest BCUT2D eigenvalue weighted by Crippen LogP contribution is 2.73. The zero-order chi connectivity index (χ0) is 29.7. The van der Waals surface area contributed by atoms with Crippen LogP contribution in [0.15, 0.2) is 157 Å². The van der Waals surface area contributed by atoms with Crippen molar-refractivity contribution in [3.63, 3.8) is 0 Å². The Kier molecular flexibility index (Phi) is 6.82. The summed E-state index contributed by atoms with van der Waals surface area (Å²) in [7, 11) is -6.71. The molecule has 0 radical (unpaired) electrons. The monoisotopic (exact) mass is 613 g/mol. The van der Waals surface area contributed by atoms with Crippen LogP contribution in [-0.4, -0.2) is 23.1 Å². The maximum Gasteiger partial charge on any atom is 0.147 e. The Bertz CT molecular complexity index is 1810. The second kappa shape index (κ2) is 10.9. The molecule has 6 heteroatoms. The lowest BCUT2D eigenvalue weighted by molar-refractivity contribution is 0.0293. The average molecular weight is 614 g/mol. The maximum absolute atomic E-state index is 16.4. The minimum Gasteiger partial charge on any atom is -0.391 e. The summed E-state index contributed by atoms with van der Waals surface area (Å²) in [5.74, 6) is -0.125. The van der Waals surface area contributed by atoms with Gasteiger partial charge in [-0.25, -0.2) is 0 Å². The van der Waals surface area contributed by atoms with E-state index in [2.05, 4.69) is 12.1 Å². The molecule has 6 atom stereocenters. The molecule has 0 amide bonds. The molecule has 4 nitrogen and oxygen atoms in total. The number of oxime groups is 1. The lowest BCUT2D eigenvalue weighted by atomic mass is 9.80. The minimum absolute atomic E-state index is 0.0237. The van der Waals surface area contributed by atoms with Crippen molar-refractivity contribution in [2.45, 2.75) is 23.8 Å².